The van der Waals surface area contributed by atoms with Crippen molar-refractivity contribution >= 4 is 6.03 Å². The van der Waals surface area contributed by atoms with Gasteiger partial charge in [-0.25, -0.2) is 4.79 Å². The highest BCUT2D eigenvalue weighted by molar-refractivity contribution is 5.75. The van der Waals surface area contributed by atoms with Crippen LogP contribution >= 0.6 is 0 Å². The SMILES string of the molecule is C[C@@H](CO)NC(=O)N1CCc2c(cccc2Oc2ccc(C(F)(F)F)cc2)C1. The first-order chi connectivity index (χ1) is 13.3. The predicted molar refractivity (Wildman–Crippen MR) is 97.2 cm³/mol. The summed E-state index contributed by atoms with van der Waals surface area (Å²) in [7, 11) is 0. The minimum Gasteiger partial charge on any atom is -0.457 e. The van der Waals surface area contributed by atoms with Crippen molar-refractivity contribution in [1.29, 1.82) is 0 Å². The van der Waals surface area contributed by atoms with Crippen LogP contribution in [0.25, 0.3) is 0 Å². The van der Waals surface area contributed by atoms with Gasteiger partial charge in [0, 0.05) is 18.7 Å². The van der Waals surface area contributed by atoms with Gasteiger partial charge in [-0.3, -0.25) is 0 Å². The summed E-state index contributed by atoms with van der Waals surface area (Å²) < 4.78 is 43.9. The van der Waals surface area contributed by atoms with Crippen LogP contribution in [0, 0.1) is 0 Å². The standard InChI is InChI=1S/C20H21F3N2O3/c1-13(12-26)24-19(27)25-10-9-17-14(11-25)3-2-4-18(17)28-16-7-5-15(6-8-16)20(21,22)23/h2-8,13,26H,9-12H2,1H3,(H,24,27)/t13-/m0/s1. The molecule has 0 bridgehead atoms. The zero-order valence-corrected chi connectivity index (χ0v) is 15.3. The summed E-state index contributed by atoms with van der Waals surface area (Å²) in [5.41, 5.74) is 1.12. The second kappa shape index (κ2) is 8.10. The van der Waals surface area contributed by atoms with E-state index in [1.807, 2.05) is 6.07 Å². The number of benzene rings is 2. The van der Waals surface area contributed by atoms with Crippen LogP contribution in [0.15, 0.2) is 42.5 Å². The van der Waals surface area contributed by atoms with Gasteiger partial charge < -0.3 is 20.1 Å². The topological polar surface area (TPSA) is 61.8 Å². The number of amides is 2. The van der Waals surface area contributed by atoms with Crippen molar-refractivity contribution in [3.63, 3.8) is 0 Å². The van der Waals surface area contributed by atoms with Crippen LogP contribution in [0.1, 0.15) is 23.6 Å². The lowest BCUT2D eigenvalue weighted by Gasteiger charge is -2.30. The van der Waals surface area contributed by atoms with Gasteiger partial charge >= 0.3 is 12.2 Å². The van der Waals surface area contributed by atoms with E-state index in [9.17, 15) is 18.0 Å². The molecular weight excluding hydrogens is 373 g/mol. The smallest absolute Gasteiger partial charge is 0.416 e. The number of nitrogens with one attached hydrogen (secondary N) is 1. The van der Waals surface area contributed by atoms with E-state index < -0.39 is 11.7 Å². The molecule has 2 amide bonds. The van der Waals surface area contributed by atoms with Crippen molar-refractivity contribution in [3.8, 4) is 11.5 Å². The molecule has 1 atom stereocenters. The summed E-state index contributed by atoms with van der Waals surface area (Å²) in [6.45, 7) is 2.45. The Kier molecular flexibility index (Phi) is 5.79. The fourth-order valence-corrected chi connectivity index (χ4v) is 3.03. The first-order valence-corrected chi connectivity index (χ1v) is 8.90. The molecule has 0 aromatic heterocycles. The average Bonchev–Trinajstić information content (AvgIpc) is 2.67. The first-order valence-electron chi connectivity index (χ1n) is 8.90. The Labute approximate surface area is 160 Å². The van der Waals surface area contributed by atoms with Crippen molar-refractivity contribution < 1.29 is 27.8 Å². The van der Waals surface area contributed by atoms with Gasteiger partial charge in [-0.15, -0.1) is 0 Å². The fourth-order valence-electron chi connectivity index (χ4n) is 3.03. The normalized spacial score (nSPS) is 15.0. The first kappa shape index (κ1) is 20.0. The number of alkyl halides is 3. The number of halogens is 3. The third kappa shape index (κ3) is 4.56. The predicted octanol–water partition coefficient (Wildman–Crippen LogP) is 3.95. The number of nitrogens with zero attached hydrogens (tertiary/aromatic N) is 1. The van der Waals surface area contributed by atoms with Crippen molar-refractivity contribution in [2.45, 2.75) is 32.1 Å². The van der Waals surface area contributed by atoms with E-state index in [-0.39, 0.29) is 18.7 Å². The van der Waals surface area contributed by atoms with Gasteiger partial charge in [0.1, 0.15) is 11.5 Å². The van der Waals surface area contributed by atoms with E-state index in [1.165, 1.54) is 12.1 Å². The number of fused-ring (bicyclic) bond motifs is 1. The van der Waals surface area contributed by atoms with Crippen LogP contribution in [0.2, 0.25) is 0 Å². The molecule has 0 aliphatic carbocycles. The number of hydrogen-bond acceptors (Lipinski definition) is 3. The van der Waals surface area contributed by atoms with Gasteiger partial charge in [0.25, 0.3) is 0 Å². The molecule has 0 unspecified atom stereocenters. The van der Waals surface area contributed by atoms with Crippen LogP contribution in [-0.4, -0.2) is 35.2 Å². The van der Waals surface area contributed by atoms with Crippen LogP contribution in [0.3, 0.4) is 0 Å². The Bertz CT molecular complexity index is 838. The van der Waals surface area contributed by atoms with E-state index in [1.54, 1.807) is 24.0 Å². The lowest BCUT2D eigenvalue weighted by atomic mass is 9.99. The molecule has 5 nitrogen and oxygen atoms in total. The molecule has 0 spiro atoms. The molecular formula is C20H21F3N2O3. The molecule has 0 saturated heterocycles. The minimum absolute atomic E-state index is 0.138. The highest BCUT2D eigenvalue weighted by Crippen LogP contribution is 2.34. The van der Waals surface area contributed by atoms with E-state index in [2.05, 4.69) is 5.32 Å². The Morgan fingerprint density at radius 1 is 1.25 bits per heavy atom. The van der Waals surface area contributed by atoms with Gasteiger partial charge in [0.05, 0.1) is 18.2 Å². The van der Waals surface area contributed by atoms with Crippen molar-refractivity contribution in [2.24, 2.45) is 0 Å². The number of aliphatic hydroxyl groups is 1. The third-order valence-electron chi connectivity index (χ3n) is 4.56. The molecule has 28 heavy (non-hydrogen) atoms. The Hall–Kier alpha value is -2.74. The monoisotopic (exact) mass is 394 g/mol. The zero-order valence-electron chi connectivity index (χ0n) is 15.3. The summed E-state index contributed by atoms with van der Waals surface area (Å²) in [6, 6.07) is 9.42. The largest absolute Gasteiger partial charge is 0.457 e. The van der Waals surface area contributed by atoms with Crippen molar-refractivity contribution in [1.82, 2.24) is 10.2 Å². The number of aliphatic hydroxyl groups excluding tert-OH is 1. The van der Waals surface area contributed by atoms with Crippen LogP contribution in [0.5, 0.6) is 11.5 Å². The van der Waals surface area contributed by atoms with E-state index >= 15 is 0 Å². The molecule has 0 saturated carbocycles. The van der Waals surface area contributed by atoms with Crippen molar-refractivity contribution in [3.05, 3.63) is 59.2 Å². The van der Waals surface area contributed by atoms with Gasteiger partial charge in [-0.1, -0.05) is 12.1 Å². The summed E-state index contributed by atoms with van der Waals surface area (Å²) in [6.07, 6.45) is -3.82. The summed E-state index contributed by atoms with van der Waals surface area (Å²) in [4.78, 5) is 13.9. The van der Waals surface area contributed by atoms with E-state index in [0.717, 1.165) is 23.3 Å². The van der Waals surface area contributed by atoms with Crippen LogP contribution in [-0.2, 0) is 19.1 Å². The van der Waals surface area contributed by atoms with Gasteiger partial charge in [0.2, 0.25) is 0 Å². The number of ether oxygens (including phenoxy) is 1. The number of carbonyl (C=O) groups is 1. The molecule has 2 aromatic rings. The number of hydrogen-bond donors (Lipinski definition) is 2. The maximum absolute atomic E-state index is 12.7. The molecule has 8 heteroatoms. The molecule has 1 aliphatic heterocycles. The van der Waals surface area contributed by atoms with Crippen LogP contribution < -0.4 is 10.1 Å². The molecule has 1 aliphatic rings. The maximum atomic E-state index is 12.7. The Morgan fingerprint density at radius 3 is 2.61 bits per heavy atom. The molecule has 0 radical (unpaired) electrons. The lowest BCUT2D eigenvalue weighted by Crippen LogP contribution is -2.46. The second-order valence-corrected chi connectivity index (χ2v) is 6.72. The average molecular weight is 394 g/mol. The second-order valence-electron chi connectivity index (χ2n) is 6.72. The third-order valence-corrected chi connectivity index (χ3v) is 4.56. The van der Waals surface area contributed by atoms with E-state index in [4.69, 9.17) is 9.84 Å². The Balaban J connectivity index is 1.73. The van der Waals surface area contributed by atoms with Gasteiger partial charge in [0.15, 0.2) is 0 Å². The molecule has 2 N–H and O–H groups in total. The fraction of sp³-hybridized carbons (Fsp3) is 0.350. The van der Waals surface area contributed by atoms with Gasteiger partial charge in [-0.05, 0) is 49.2 Å². The molecule has 150 valence electrons. The number of rotatable bonds is 4. The summed E-state index contributed by atoms with van der Waals surface area (Å²) in [5, 5.41) is 11.8. The summed E-state index contributed by atoms with van der Waals surface area (Å²) >= 11 is 0. The molecule has 0 fully saturated rings. The van der Waals surface area contributed by atoms with Crippen molar-refractivity contribution in [2.75, 3.05) is 13.2 Å². The summed E-state index contributed by atoms with van der Waals surface area (Å²) in [5.74, 6) is 0.888. The number of urea groups is 1. The molecule has 2 aromatic carbocycles. The zero-order chi connectivity index (χ0) is 20.3. The van der Waals surface area contributed by atoms with Crippen LogP contribution in [0.4, 0.5) is 18.0 Å². The van der Waals surface area contributed by atoms with Gasteiger partial charge in [-0.2, -0.15) is 13.2 Å². The minimum atomic E-state index is -4.39. The molecule has 3 rings (SSSR count). The quantitative estimate of drug-likeness (QED) is 0.826. The number of carbonyl (C=O) groups excluding carboxylic acids is 1. The highest BCUT2D eigenvalue weighted by atomic mass is 19.4. The molecule has 1 heterocycles. The van der Waals surface area contributed by atoms with E-state index in [0.29, 0.717) is 31.0 Å². The lowest BCUT2D eigenvalue weighted by molar-refractivity contribution is -0.137. The highest BCUT2D eigenvalue weighted by Gasteiger charge is 2.30. The Morgan fingerprint density at radius 2 is 1.96 bits per heavy atom. The maximum Gasteiger partial charge on any atom is 0.416 e.